The van der Waals surface area contributed by atoms with Crippen molar-refractivity contribution in [3.8, 4) is 0 Å². The van der Waals surface area contributed by atoms with Crippen LogP contribution < -0.4 is 21.3 Å². The molecule has 0 bridgehead atoms. The quantitative estimate of drug-likeness (QED) is 0.404. The first-order valence-corrected chi connectivity index (χ1v) is 9.02. The first-order chi connectivity index (χ1) is 13.5. The van der Waals surface area contributed by atoms with Crippen LogP contribution in [0.1, 0.15) is 0 Å². The van der Waals surface area contributed by atoms with Crippen molar-refractivity contribution in [3.05, 3.63) is 82.8 Å². The summed E-state index contributed by atoms with van der Waals surface area (Å²) in [4.78, 5) is 24.1. The predicted molar refractivity (Wildman–Crippen MR) is 115 cm³/mol. The van der Waals surface area contributed by atoms with Gasteiger partial charge in [-0.2, -0.15) is 0 Å². The molecular weight excluding hydrogens is 399 g/mol. The molecule has 0 saturated heterocycles. The third-order valence-electron chi connectivity index (χ3n) is 3.64. The van der Waals surface area contributed by atoms with Crippen molar-refractivity contribution in [2.75, 3.05) is 21.3 Å². The van der Waals surface area contributed by atoms with E-state index in [1.807, 2.05) is 0 Å². The maximum Gasteiger partial charge on any atom is 0.323 e. The standard InChI is InChI=1S/C20H16Cl2N4O2/c21-15-5-1-3-7-17(15)25-19(27)23-13-9-11-14(12-10-13)24-20(28)26-18-8-4-2-6-16(18)22/h1-12H,(H2,23,25,27)(H2,24,26,28). The fourth-order valence-electron chi connectivity index (χ4n) is 2.33. The number of nitrogens with one attached hydrogen (secondary N) is 4. The maximum absolute atomic E-state index is 12.1. The van der Waals surface area contributed by atoms with Crippen LogP contribution in [-0.4, -0.2) is 12.1 Å². The molecule has 0 radical (unpaired) electrons. The van der Waals surface area contributed by atoms with Crippen LogP contribution in [0, 0.1) is 0 Å². The van der Waals surface area contributed by atoms with Gasteiger partial charge < -0.3 is 21.3 Å². The highest BCUT2D eigenvalue weighted by Crippen LogP contribution is 2.22. The molecule has 3 aromatic rings. The molecule has 0 saturated carbocycles. The van der Waals surface area contributed by atoms with E-state index in [0.717, 1.165) is 0 Å². The van der Waals surface area contributed by atoms with Crippen LogP contribution in [0.2, 0.25) is 10.0 Å². The highest BCUT2D eigenvalue weighted by Gasteiger charge is 2.07. The minimum Gasteiger partial charge on any atom is -0.308 e. The number of hydrogen-bond acceptors (Lipinski definition) is 2. The lowest BCUT2D eigenvalue weighted by Gasteiger charge is -2.11. The minimum absolute atomic E-state index is 0.426. The fourth-order valence-corrected chi connectivity index (χ4v) is 2.70. The molecule has 4 N–H and O–H groups in total. The van der Waals surface area contributed by atoms with Crippen molar-refractivity contribution in [2.45, 2.75) is 0 Å². The third-order valence-corrected chi connectivity index (χ3v) is 4.30. The summed E-state index contributed by atoms with van der Waals surface area (Å²) in [5.74, 6) is 0. The number of benzene rings is 3. The first kappa shape index (κ1) is 19.5. The molecule has 142 valence electrons. The van der Waals surface area contributed by atoms with E-state index in [1.165, 1.54) is 0 Å². The van der Waals surface area contributed by atoms with Crippen molar-refractivity contribution in [1.29, 1.82) is 0 Å². The van der Waals surface area contributed by atoms with Gasteiger partial charge >= 0.3 is 12.1 Å². The summed E-state index contributed by atoms with van der Waals surface area (Å²) >= 11 is 12.0. The highest BCUT2D eigenvalue weighted by atomic mass is 35.5. The van der Waals surface area contributed by atoms with E-state index in [4.69, 9.17) is 23.2 Å². The van der Waals surface area contributed by atoms with Crippen molar-refractivity contribution in [1.82, 2.24) is 0 Å². The Morgan fingerprint density at radius 1 is 0.536 bits per heavy atom. The Balaban J connectivity index is 1.54. The molecule has 0 aliphatic heterocycles. The number of rotatable bonds is 4. The van der Waals surface area contributed by atoms with Crippen LogP contribution in [-0.2, 0) is 0 Å². The lowest BCUT2D eigenvalue weighted by Crippen LogP contribution is -2.20. The molecule has 8 heteroatoms. The Hall–Kier alpha value is -3.22. The first-order valence-electron chi connectivity index (χ1n) is 8.26. The summed E-state index contributed by atoms with van der Waals surface area (Å²) in [5.41, 5.74) is 2.13. The molecule has 0 unspecified atom stereocenters. The van der Waals surface area contributed by atoms with E-state index >= 15 is 0 Å². The molecule has 0 aliphatic rings. The normalized spacial score (nSPS) is 10.1. The molecule has 3 rings (SSSR count). The second-order valence-corrected chi connectivity index (χ2v) is 6.51. The number of amides is 4. The van der Waals surface area contributed by atoms with Gasteiger partial charge in [-0.25, -0.2) is 9.59 Å². The monoisotopic (exact) mass is 414 g/mol. The predicted octanol–water partition coefficient (Wildman–Crippen LogP) is 6.28. The van der Waals surface area contributed by atoms with Crippen LogP contribution in [0.5, 0.6) is 0 Å². The number of carbonyl (C=O) groups excluding carboxylic acids is 2. The van der Waals surface area contributed by atoms with Gasteiger partial charge in [0.15, 0.2) is 0 Å². The minimum atomic E-state index is -0.426. The van der Waals surface area contributed by atoms with Crippen LogP contribution in [0.3, 0.4) is 0 Å². The number of halogens is 2. The van der Waals surface area contributed by atoms with Crippen LogP contribution in [0.15, 0.2) is 72.8 Å². The van der Waals surface area contributed by atoms with Crippen molar-refractivity contribution >= 4 is 58.0 Å². The lowest BCUT2D eigenvalue weighted by molar-refractivity contribution is 0.261. The Labute approximate surface area is 171 Å². The summed E-state index contributed by atoms with van der Waals surface area (Å²) in [7, 11) is 0. The fraction of sp³-hybridized carbons (Fsp3) is 0. The average molecular weight is 415 g/mol. The summed E-state index contributed by atoms with van der Waals surface area (Å²) in [5, 5.41) is 11.6. The summed E-state index contributed by atoms with van der Waals surface area (Å²) in [6.45, 7) is 0. The molecular formula is C20H16Cl2N4O2. The summed E-state index contributed by atoms with van der Waals surface area (Å²) < 4.78 is 0. The maximum atomic E-state index is 12.1. The SMILES string of the molecule is O=C(Nc1ccc(NC(=O)Nc2ccccc2Cl)cc1)Nc1ccccc1Cl. The second-order valence-electron chi connectivity index (χ2n) is 5.70. The van der Waals surface area contributed by atoms with E-state index < -0.39 is 12.1 Å². The molecule has 0 aliphatic carbocycles. The number of hydrogen-bond donors (Lipinski definition) is 4. The lowest BCUT2D eigenvalue weighted by atomic mass is 10.3. The van der Waals surface area contributed by atoms with E-state index in [9.17, 15) is 9.59 Å². The third kappa shape index (κ3) is 5.39. The molecule has 3 aromatic carbocycles. The molecule has 0 atom stereocenters. The number of carbonyl (C=O) groups is 2. The van der Waals surface area contributed by atoms with Gasteiger partial charge in [0.1, 0.15) is 0 Å². The molecule has 6 nitrogen and oxygen atoms in total. The van der Waals surface area contributed by atoms with E-state index in [-0.39, 0.29) is 0 Å². The summed E-state index contributed by atoms with van der Waals surface area (Å²) in [6, 6.07) is 19.7. The Bertz CT molecular complexity index is 913. The Morgan fingerprint density at radius 3 is 1.25 bits per heavy atom. The van der Waals surface area contributed by atoms with Gasteiger partial charge in [-0.05, 0) is 48.5 Å². The van der Waals surface area contributed by atoms with E-state index in [1.54, 1.807) is 72.8 Å². The highest BCUT2D eigenvalue weighted by molar-refractivity contribution is 6.34. The number of urea groups is 2. The zero-order valence-electron chi connectivity index (χ0n) is 14.5. The van der Waals surface area contributed by atoms with E-state index in [2.05, 4.69) is 21.3 Å². The second kappa shape index (κ2) is 9.12. The van der Waals surface area contributed by atoms with Crippen LogP contribution in [0.25, 0.3) is 0 Å². The smallest absolute Gasteiger partial charge is 0.308 e. The average Bonchev–Trinajstić information content (AvgIpc) is 2.67. The van der Waals surface area contributed by atoms with Crippen molar-refractivity contribution < 1.29 is 9.59 Å². The Kier molecular flexibility index (Phi) is 6.37. The van der Waals surface area contributed by atoms with Crippen LogP contribution in [0.4, 0.5) is 32.3 Å². The number of anilines is 4. The molecule has 0 heterocycles. The van der Waals surface area contributed by atoms with Gasteiger partial charge in [0.05, 0.1) is 21.4 Å². The molecule has 0 aromatic heterocycles. The van der Waals surface area contributed by atoms with Crippen molar-refractivity contribution in [2.24, 2.45) is 0 Å². The van der Waals surface area contributed by atoms with Gasteiger partial charge in [0, 0.05) is 11.4 Å². The zero-order chi connectivity index (χ0) is 19.9. The van der Waals surface area contributed by atoms with Gasteiger partial charge in [-0.15, -0.1) is 0 Å². The number of para-hydroxylation sites is 2. The molecule has 0 spiro atoms. The van der Waals surface area contributed by atoms with Crippen LogP contribution >= 0.6 is 23.2 Å². The topological polar surface area (TPSA) is 82.3 Å². The molecule has 4 amide bonds. The van der Waals surface area contributed by atoms with Gasteiger partial charge in [0.25, 0.3) is 0 Å². The van der Waals surface area contributed by atoms with Gasteiger partial charge in [-0.3, -0.25) is 0 Å². The van der Waals surface area contributed by atoms with E-state index in [0.29, 0.717) is 32.8 Å². The van der Waals surface area contributed by atoms with Gasteiger partial charge in [0.2, 0.25) is 0 Å². The summed E-state index contributed by atoms with van der Waals surface area (Å²) in [6.07, 6.45) is 0. The Morgan fingerprint density at radius 2 is 0.893 bits per heavy atom. The van der Waals surface area contributed by atoms with Gasteiger partial charge in [-0.1, -0.05) is 47.5 Å². The zero-order valence-corrected chi connectivity index (χ0v) is 16.0. The molecule has 0 fully saturated rings. The molecule has 28 heavy (non-hydrogen) atoms. The van der Waals surface area contributed by atoms with Crippen molar-refractivity contribution in [3.63, 3.8) is 0 Å². The largest absolute Gasteiger partial charge is 0.323 e.